The second kappa shape index (κ2) is 5.14. The lowest BCUT2D eigenvalue weighted by Crippen LogP contribution is -2.00. The minimum absolute atomic E-state index is 0.0760. The summed E-state index contributed by atoms with van der Waals surface area (Å²) < 4.78 is 0. The van der Waals surface area contributed by atoms with Gasteiger partial charge in [-0.25, -0.2) is 0 Å². The van der Waals surface area contributed by atoms with Crippen LogP contribution in [0.25, 0.3) is 0 Å². The van der Waals surface area contributed by atoms with Crippen LogP contribution in [0.3, 0.4) is 0 Å². The van der Waals surface area contributed by atoms with E-state index in [1.807, 2.05) is 24.3 Å². The molecule has 0 spiro atoms. The number of para-hydroxylation sites is 1. The van der Waals surface area contributed by atoms with Gasteiger partial charge in [0.25, 0.3) is 0 Å². The number of anilines is 1. The van der Waals surface area contributed by atoms with E-state index < -0.39 is 0 Å². The first-order valence-corrected chi connectivity index (χ1v) is 6.09. The predicted octanol–water partition coefficient (Wildman–Crippen LogP) is 3.16. The first kappa shape index (κ1) is 11.2. The number of rotatable bonds is 4. The normalized spacial score (nSPS) is 10.4. The van der Waals surface area contributed by atoms with Gasteiger partial charge in [-0.3, -0.25) is 0 Å². The highest BCUT2D eigenvalue weighted by atomic mass is 32.1. The van der Waals surface area contributed by atoms with Gasteiger partial charge in [0.05, 0.1) is 6.61 Å². The van der Waals surface area contributed by atoms with Crippen molar-refractivity contribution in [1.82, 2.24) is 0 Å². The average Bonchev–Trinajstić information content (AvgIpc) is 2.73. The van der Waals surface area contributed by atoms with Gasteiger partial charge in [-0.05, 0) is 25.1 Å². The summed E-state index contributed by atoms with van der Waals surface area (Å²) in [6.07, 6.45) is 0. The van der Waals surface area contributed by atoms with E-state index in [4.69, 9.17) is 0 Å². The van der Waals surface area contributed by atoms with E-state index in [9.17, 15) is 5.11 Å². The molecular formula is C13H15NOS. The number of aliphatic hydroxyl groups is 1. The van der Waals surface area contributed by atoms with Gasteiger partial charge in [-0.15, -0.1) is 11.3 Å². The van der Waals surface area contributed by atoms with E-state index in [2.05, 4.69) is 24.4 Å². The Morgan fingerprint density at radius 2 is 2.00 bits per heavy atom. The zero-order chi connectivity index (χ0) is 11.4. The molecule has 1 aromatic heterocycles. The van der Waals surface area contributed by atoms with E-state index in [1.165, 1.54) is 9.75 Å². The van der Waals surface area contributed by atoms with Crippen molar-refractivity contribution in [3.8, 4) is 0 Å². The van der Waals surface area contributed by atoms with Gasteiger partial charge in [0.1, 0.15) is 0 Å². The van der Waals surface area contributed by atoms with Gasteiger partial charge in [-0.1, -0.05) is 18.2 Å². The second-order valence-corrected chi connectivity index (χ2v) is 5.05. The van der Waals surface area contributed by atoms with Crippen LogP contribution in [0.2, 0.25) is 0 Å². The summed E-state index contributed by atoms with van der Waals surface area (Å²) in [6.45, 7) is 3.00. The number of hydrogen-bond donors (Lipinski definition) is 2. The van der Waals surface area contributed by atoms with Crippen LogP contribution >= 0.6 is 11.3 Å². The third-order valence-electron chi connectivity index (χ3n) is 2.44. The number of thiophene rings is 1. The standard InChI is InChI=1S/C13H15NOS/c1-10-6-7-12(16-10)8-14-13-5-3-2-4-11(13)9-15/h2-7,14-15H,8-9H2,1H3. The van der Waals surface area contributed by atoms with Crippen LogP contribution in [0.1, 0.15) is 15.3 Å². The highest BCUT2D eigenvalue weighted by Crippen LogP contribution is 2.19. The summed E-state index contributed by atoms with van der Waals surface area (Å²) in [5.74, 6) is 0. The number of hydrogen-bond acceptors (Lipinski definition) is 3. The topological polar surface area (TPSA) is 32.3 Å². The second-order valence-electron chi connectivity index (χ2n) is 3.68. The summed E-state index contributed by atoms with van der Waals surface area (Å²) in [5, 5.41) is 12.5. The molecule has 2 aromatic rings. The molecule has 84 valence electrons. The van der Waals surface area contributed by atoms with Gasteiger partial charge in [-0.2, -0.15) is 0 Å². The van der Waals surface area contributed by atoms with Gasteiger partial charge in [0.15, 0.2) is 0 Å². The molecule has 2 rings (SSSR count). The van der Waals surface area contributed by atoms with Crippen LogP contribution < -0.4 is 5.32 Å². The number of aliphatic hydroxyl groups excluding tert-OH is 1. The van der Waals surface area contributed by atoms with Crippen molar-refractivity contribution in [2.75, 3.05) is 5.32 Å². The fourth-order valence-electron chi connectivity index (χ4n) is 1.59. The van der Waals surface area contributed by atoms with Crippen LogP contribution in [0.5, 0.6) is 0 Å². The van der Waals surface area contributed by atoms with Crippen molar-refractivity contribution in [2.45, 2.75) is 20.1 Å². The molecule has 0 aliphatic rings. The Morgan fingerprint density at radius 3 is 2.69 bits per heavy atom. The van der Waals surface area contributed by atoms with E-state index >= 15 is 0 Å². The minimum Gasteiger partial charge on any atom is -0.392 e. The molecule has 3 heteroatoms. The van der Waals surface area contributed by atoms with Gasteiger partial charge < -0.3 is 10.4 Å². The predicted molar refractivity (Wildman–Crippen MR) is 68.7 cm³/mol. The molecule has 0 bridgehead atoms. The molecule has 0 saturated heterocycles. The Hall–Kier alpha value is -1.32. The fraction of sp³-hybridized carbons (Fsp3) is 0.231. The van der Waals surface area contributed by atoms with Crippen LogP contribution in [-0.4, -0.2) is 5.11 Å². The summed E-state index contributed by atoms with van der Waals surface area (Å²) in [4.78, 5) is 2.64. The van der Waals surface area contributed by atoms with E-state index in [-0.39, 0.29) is 6.61 Å². The molecule has 2 nitrogen and oxygen atoms in total. The molecule has 0 saturated carbocycles. The Balaban J connectivity index is 2.04. The fourth-order valence-corrected chi connectivity index (χ4v) is 2.42. The zero-order valence-electron chi connectivity index (χ0n) is 9.23. The minimum atomic E-state index is 0.0760. The van der Waals surface area contributed by atoms with Crippen molar-refractivity contribution in [3.63, 3.8) is 0 Å². The first-order chi connectivity index (χ1) is 7.79. The smallest absolute Gasteiger partial charge is 0.0701 e. The average molecular weight is 233 g/mol. The van der Waals surface area contributed by atoms with Gasteiger partial charge in [0, 0.05) is 27.5 Å². The van der Waals surface area contributed by atoms with Crippen molar-refractivity contribution >= 4 is 17.0 Å². The molecular weight excluding hydrogens is 218 g/mol. The van der Waals surface area contributed by atoms with E-state index in [0.29, 0.717) is 0 Å². The summed E-state index contributed by atoms with van der Waals surface area (Å²) in [6, 6.07) is 12.1. The SMILES string of the molecule is Cc1ccc(CNc2ccccc2CO)s1. The molecule has 1 aromatic carbocycles. The van der Waals surface area contributed by atoms with E-state index in [1.54, 1.807) is 11.3 Å². The molecule has 0 fully saturated rings. The molecule has 0 amide bonds. The van der Waals surface area contributed by atoms with Crippen molar-refractivity contribution < 1.29 is 5.11 Å². The summed E-state index contributed by atoms with van der Waals surface area (Å²) >= 11 is 1.80. The Bertz CT molecular complexity index is 464. The molecule has 0 aliphatic heterocycles. The van der Waals surface area contributed by atoms with Crippen molar-refractivity contribution in [2.24, 2.45) is 0 Å². The van der Waals surface area contributed by atoms with Gasteiger partial charge >= 0.3 is 0 Å². The Kier molecular flexibility index (Phi) is 3.59. The molecule has 2 N–H and O–H groups in total. The number of benzene rings is 1. The van der Waals surface area contributed by atoms with Crippen LogP contribution in [0.4, 0.5) is 5.69 Å². The quantitative estimate of drug-likeness (QED) is 0.850. The van der Waals surface area contributed by atoms with Crippen LogP contribution in [-0.2, 0) is 13.2 Å². The third kappa shape index (κ3) is 2.62. The summed E-state index contributed by atoms with van der Waals surface area (Å²) in [5.41, 5.74) is 1.95. The number of aryl methyl sites for hydroxylation is 1. The molecule has 1 heterocycles. The molecule has 0 unspecified atom stereocenters. The maximum absolute atomic E-state index is 9.18. The lowest BCUT2D eigenvalue weighted by atomic mass is 10.2. The zero-order valence-corrected chi connectivity index (χ0v) is 10.1. The van der Waals surface area contributed by atoms with Crippen molar-refractivity contribution in [1.29, 1.82) is 0 Å². The maximum atomic E-state index is 9.18. The Labute approximate surface area is 99.6 Å². The van der Waals surface area contributed by atoms with Gasteiger partial charge in [0.2, 0.25) is 0 Å². The maximum Gasteiger partial charge on any atom is 0.0701 e. The van der Waals surface area contributed by atoms with Crippen LogP contribution in [0, 0.1) is 6.92 Å². The lowest BCUT2D eigenvalue weighted by Gasteiger charge is -2.09. The number of nitrogens with one attached hydrogen (secondary N) is 1. The molecule has 0 atom stereocenters. The largest absolute Gasteiger partial charge is 0.392 e. The van der Waals surface area contributed by atoms with Crippen molar-refractivity contribution in [3.05, 3.63) is 51.7 Å². The monoisotopic (exact) mass is 233 g/mol. The highest BCUT2D eigenvalue weighted by Gasteiger charge is 2.01. The van der Waals surface area contributed by atoms with Crippen LogP contribution in [0.15, 0.2) is 36.4 Å². The highest BCUT2D eigenvalue weighted by molar-refractivity contribution is 7.11. The van der Waals surface area contributed by atoms with E-state index in [0.717, 1.165) is 17.8 Å². The molecule has 16 heavy (non-hydrogen) atoms. The molecule has 0 aliphatic carbocycles. The summed E-state index contributed by atoms with van der Waals surface area (Å²) in [7, 11) is 0. The third-order valence-corrected chi connectivity index (χ3v) is 3.44. The Morgan fingerprint density at radius 1 is 1.19 bits per heavy atom. The lowest BCUT2D eigenvalue weighted by molar-refractivity contribution is 0.282. The first-order valence-electron chi connectivity index (χ1n) is 5.27. The molecule has 0 radical (unpaired) electrons.